The van der Waals surface area contributed by atoms with E-state index < -0.39 is 0 Å². The summed E-state index contributed by atoms with van der Waals surface area (Å²) in [5.74, 6) is 2.75. The molecule has 2 unspecified atom stereocenters. The van der Waals surface area contributed by atoms with E-state index in [2.05, 4.69) is 24.1 Å². The lowest BCUT2D eigenvalue weighted by Crippen LogP contribution is -2.35. The van der Waals surface area contributed by atoms with E-state index in [0.717, 1.165) is 31.1 Å². The van der Waals surface area contributed by atoms with Gasteiger partial charge in [0.15, 0.2) is 0 Å². The lowest BCUT2D eigenvalue weighted by Gasteiger charge is -2.13. The molecule has 1 aliphatic rings. The number of hydrogen-bond acceptors (Lipinski definition) is 3. The molecule has 15 heavy (non-hydrogen) atoms. The van der Waals surface area contributed by atoms with Gasteiger partial charge in [0.05, 0.1) is 5.92 Å². The predicted molar refractivity (Wildman–Crippen MR) is 66.1 cm³/mol. The standard InChI is InChI=1S/C11H20N2OS/c1-3-5-15-6-4-13-11(14)10-8-12-7-9(10)2/h3,9-10,12H,1,4-8H2,2H3,(H,13,14). The highest BCUT2D eigenvalue weighted by Crippen LogP contribution is 2.15. The Labute approximate surface area is 96.1 Å². The van der Waals surface area contributed by atoms with Gasteiger partial charge in [0.1, 0.15) is 0 Å². The maximum atomic E-state index is 11.7. The average Bonchev–Trinajstić information content (AvgIpc) is 2.64. The average molecular weight is 228 g/mol. The largest absolute Gasteiger partial charge is 0.355 e. The Morgan fingerprint density at radius 2 is 2.47 bits per heavy atom. The predicted octanol–water partition coefficient (Wildman–Crippen LogP) is 0.877. The van der Waals surface area contributed by atoms with Crippen LogP contribution in [0.1, 0.15) is 6.92 Å². The third-order valence-corrected chi connectivity index (χ3v) is 3.60. The second-order valence-electron chi connectivity index (χ2n) is 3.90. The van der Waals surface area contributed by atoms with Crippen LogP contribution in [-0.2, 0) is 4.79 Å². The highest BCUT2D eigenvalue weighted by atomic mass is 32.2. The molecule has 0 radical (unpaired) electrons. The van der Waals surface area contributed by atoms with Crippen molar-refractivity contribution in [3.63, 3.8) is 0 Å². The third-order valence-electron chi connectivity index (χ3n) is 2.64. The lowest BCUT2D eigenvalue weighted by atomic mass is 9.97. The van der Waals surface area contributed by atoms with Crippen molar-refractivity contribution >= 4 is 17.7 Å². The number of rotatable bonds is 6. The number of thioether (sulfide) groups is 1. The SMILES string of the molecule is C=CCSCCNC(=O)C1CNCC1C. The highest BCUT2D eigenvalue weighted by Gasteiger charge is 2.28. The minimum Gasteiger partial charge on any atom is -0.355 e. The first kappa shape index (κ1) is 12.6. The molecule has 1 rings (SSSR count). The Kier molecular flexibility index (Phi) is 5.79. The van der Waals surface area contributed by atoms with Crippen molar-refractivity contribution in [3.05, 3.63) is 12.7 Å². The monoisotopic (exact) mass is 228 g/mol. The Balaban J connectivity index is 2.10. The van der Waals surface area contributed by atoms with Gasteiger partial charge in [-0.1, -0.05) is 13.0 Å². The minimum absolute atomic E-state index is 0.161. The van der Waals surface area contributed by atoms with E-state index in [1.807, 2.05) is 6.08 Å². The fourth-order valence-corrected chi connectivity index (χ4v) is 2.28. The molecule has 3 nitrogen and oxygen atoms in total. The quantitative estimate of drug-likeness (QED) is 0.524. The summed E-state index contributed by atoms with van der Waals surface area (Å²) in [5, 5.41) is 6.21. The van der Waals surface area contributed by atoms with Gasteiger partial charge < -0.3 is 10.6 Å². The van der Waals surface area contributed by atoms with E-state index in [-0.39, 0.29) is 11.8 Å². The van der Waals surface area contributed by atoms with Crippen molar-refractivity contribution in [2.24, 2.45) is 11.8 Å². The number of amides is 1. The molecule has 1 amide bonds. The van der Waals surface area contributed by atoms with E-state index in [9.17, 15) is 4.79 Å². The molecule has 4 heteroatoms. The van der Waals surface area contributed by atoms with Gasteiger partial charge in [-0.25, -0.2) is 0 Å². The van der Waals surface area contributed by atoms with E-state index >= 15 is 0 Å². The van der Waals surface area contributed by atoms with Crippen LogP contribution >= 0.6 is 11.8 Å². The molecular weight excluding hydrogens is 208 g/mol. The van der Waals surface area contributed by atoms with Crippen LogP contribution in [0.5, 0.6) is 0 Å². The van der Waals surface area contributed by atoms with Crippen LogP contribution in [0.25, 0.3) is 0 Å². The number of carbonyl (C=O) groups excluding carboxylic acids is 1. The zero-order valence-corrected chi connectivity index (χ0v) is 10.1. The molecule has 1 heterocycles. The molecule has 0 aromatic carbocycles. The molecule has 0 aliphatic carbocycles. The summed E-state index contributed by atoms with van der Waals surface area (Å²) < 4.78 is 0. The van der Waals surface area contributed by atoms with Gasteiger partial charge in [-0.15, -0.1) is 6.58 Å². The fourth-order valence-electron chi connectivity index (χ4n) is 1.71. The Morgan fingerprint density at radius 1 is 1.67 bits per heavy atom. The zero-order valence-electron chi connectivity index (χ0n) is 9.29. The van der Waals surface area contributed by atoms with Gasteiger partial charge in [-0.3, -0.25) is 4.79 Å². The van der Waals surface area contributed by atoms with Crippen LogP contribution in [0.3, 0.4) is 0 Å². The van der Waals surface area contributed by atoms with Crippen molar-refractivity contribution in [1.82, 2.24) is 10.6 Å². The first-order valence-electron chi connectivity index (χ1n) is 5.42. The topological polar surface area (TPSA) is 41.1 Å². The van der Waals surface area contributed by atoms with Gasteiger partial charge in [0.2, 0.25) is 5.91 Å². The van der Waals surface area contributed by atoms with Gasteiger partial charge >= 0.3 is 0 Å². The summed E-state index contributed by atoms with van der Waals surface area (Å²) in [6.45, 7) is 8.32. The van der Waals surface area contributed by atoms with Gasteiger partial charge in [0, 0.05) is 24.6 Å². The van der Waals surface area contributed by atoms with Crippen molar-refractivity contribution in [3.8, 4) is 0 Å². The van der Waals surface area contributed by atoms with Crippen LogP contribution in [0.2, 0.25) is 0 Å². The van der Waals surface area contributed by atoms with Crippen LogP contribution in [-0.4, -0.2) is 37.0 Å². The summed E-state index contributed by atoms with van der Waals surface area (Å²) in [7, 11) is 0. The molecule has 86 valence electrons. The van der Waals surface area contributed by atoms with Crippen molar-refractivity contribution < 1.29 is 4.79 Å². The van der Waals surface area contributed by atoms with Crippen molar-refractivity contribution in [1.29, 1.82) is 0 Å². The molecule has 2 atom stereocenters. The van der Waals surface area contributed by atoms with Crippen LogP contribution in [0.15, 0.2) is 12.7 Å². The zero-order chi connectivity index (χ0) is 11.1. The van der Waals surface area contributed by atoms with Gasteiger partial charge in [-0.05, 0) is 12.5 Å². The first-order valence-corrected chi connectivity index (χ1v) is 6.58. The minimum atomic E-state index is 0.161. The molecule has 1 saturated heterocycles. The first-order chi connectivity index (χ1) is 7.25. The van der Waals surface area contributed by atoms with Crippen LogP contribution in [0, 0.1) is 11.8 Å². The summed E-state index contributed by atoms with van der Waals surface area (Å²) in [5.41, 5.74) is 0. The molecule has 0 bridgehead atoms. The van der Waals surface area contributed by atoms with Crippen LogP contribution < -0.4 is 10.6 Å². The second kappa shape index (κ2) is 6.90. The van der Waals surface area contributed by atoms with Crippen molar-refractivity contribution in [2.45, 2.75) is 6.92 Å². The van der Waals surface area contributed by atoms with E-state index in [1.54, 1.807) is 11.8 Å². The lowest BCUT2D eigenvalue weighted by molar-refractivity contribution is -0.125. The van der Waals surface area contributed by atoms with E-state index in [0.29, 0.717) is 5.92 Å². The summed E-state index contributed by atoms with van der Waals surface area (Å²) in [4.78, 5) is 11.7. The van der Waals surface area contributed by atoms with E-state index in [4.69, 9.17) is 0 Å². The molecule has 1 fully saturated rings. The number of hydrogen-bond donors (Lipinski definition) is 2. The molecule has 0 aromatic rings. The summed E-state index contributed by atoms with van der Waals surface area (Å²) in [6.07, 6.45) is 1.88. The fraction of sp³-hybridized carbons (Fsp3) is 0.727. The number of carbonyl (C=O) groups is 1. The maximum Gasteiger partial charge on any atom is 0.224 e. The smallest absolute Gasteiger partial charge is 0.224 e. The Bertz CT molecular complexity index is 221. The Hall–Kier alpha value is -0.480. The molecule has 1 aliphatic heterocycles. The molecule has 0 saturated carbocycles. The molecular formula is C11H20N2OS. The maximum absolute atomic E-state index is 11.7. The normalized spacial score (nSPS) is 25.1. The molecule has 0 aromatic heterocycles. The van der Waals surface area contributed by atoms with Gasteiger partial charge in [0.25, 0.3) is 0 Å². The molecule has 0 spiro atoms. The highest BCUT2D eigenvalue weighted by molar-refractivity contribution is 7.99. The van der Waals surface area contributed by atoms with Crippen molar-refractivity contribution in [2.75, 3.05) is 31.1 Å². The Morgan fingerprint density at radius 3 is 3.07 bits per heavy atom. The molecule has 2 N–H and O–H groups in total. The van der Waals surface area contributed by atoms with Gasteiger partial charge in [-0.2, -0.15) is 11.8 Å². The number of nitrogens with one attached hydrogen (secondary N) is 2. The van der Waals surface area contributed by atoms with Crippen LogP contribution in [0.4, 0.5) is 0 Å². The second-order valence-corrected chi connectivity index (χ2v) is 5.05. The summed E-state index contributed by atoms with van der Waals surface area (Å²) >= 11 is 1.79. The summed E-state index contributed by atoms with van der Waals surface area (Å²) in [6, 6.07) is 0. The van der Waals surface area contributed by atoms with E-state index in [1.165, 1.54) is 0 Å². The third kappa shape index (κ3) is 4.26.